The smallest absolute Gasteiger partial charge is 0.0591 e. The predicted molar refractivity (Wildman–Crippen MR) is 95.2 cm³/mol. The van der Waals surface area contributed by atoms with Crippen molar-refractivity contribution in [3.63, 3.8) is 0 Å². The summed E-state index contributed by atoms with van der Waals surface area (Å²) in [4.78, 5) is 0. The highest BCUT2D eigenvalue weighted by molar-refractivity contribution is 9.10. The highest BCUT2D eigenvalue weighted by atomic mass is 79.9. The van der Waals surface area contributed by atoms with E-state index in [9.17, 15) is 0 Å². The fourth-order valence-corrected chi connectivity index (χ4v) is 3.22. The Labute approximate surface area is 140 Å². The number of aryl methyl sites for hydroxylation is 2. The van der Waals surface area contributed by atoms with Gasteiger partial charge in [0.25, 0.3) is 0 Å². The fourth-order valence-electron chi connectivity index (χ4n) is 2.56. The Kier molecular flexibility index (Phi) is 5.86. The minimum Gasteiger partial charge on any atom is -0.306 e. The molecule has 0 saturated carbocycles. The van der Waals surface area contributed by atoms with Gasteiger partial charge in [-0.2, -0.15) is 0 Å². The topological polar surface area (TPSA) is 12.0 Å². The molecule has 0 heterocycles. The van der Waals surface area contributed by atoms with E-state index in [1.165, 1.54) is 22.3 Å². The number of benzene rings is 2. The summed E-state index contributed by atoms with van der Waals surface area (Å²) in [7, 11) is 0. The van der Waals surface area contributed by atoms with Crippen molar-refractivity contribution >= 4 is 27.5 Å². The molecule has 0 amide bonds. The monoisotopic (exact) mass is 365 g/mol. The molecule has 0 radical (unpaired) electrons. The van der Waals surface area contributed by atoms with Gasteiger partial charge in [0.05, 0.1) is 6.04 Å². The number of hydrogen-bond acceptors (Lipinski definition) is 1. The molecule has 0 spiro atoms. The molecule has 2 aromatic carbocycles. The first-order valence-corrected chi connectivity index (χ1v) is 8.45. The van der Waals surface area contributed by atoms with Gasteiger partial charge in [-0.3, -0.25) is 0 Å². The van der Waals surface area contributed by atoms with Crippen molar-refractivity contribution in [3.05, 3.63) is 68.1 Å². The summed E-state index contributed by atoms with van der Waals surface area (Å²) < 4.78 is 1.08. The van der Waals surface area contributed by atoms with Crippen LogP contribution in [0.25, 0.3) is 0 Å². The van der Waals surface area contributed by atoms with E-state index in [1.54, 1.807) is 0 Å². The van der Waals surface area contributed by atoms with E-state index in [0.29, 0.717) is 0 Å². The molecule has 0 aliphatic heterocycles. The lowest BCUT2D eigenvalue weighted by atomic mass is 9.93. The zero-order chi connectivity index (χ0) is 15.4. The van der Waals surface area contributed by atoms with Crippen LogP contribution in [0.15, 0.2) is 40.9 Å². The largest absolute Gasteiger partial charge is 0.306 e. The maximum atomic E-state index is 6.20. The van der Waals surface area contributed by atoms with E-state index in [1.807, 2.05) is 18.2 Å². The lowest BCUT2D eigenvalue weighted by molar-refractivity contribution is 0.594. The quantitative estimate of drug-likeness (QED) is 0.704. The summed E-state index contributed by atoms with van der Waals surface area (Å²) >= 11 is 9.86. The number of hydrogen-bond donors (Lipinski definition) is 1. The Bertz CT molecular complexity index is 625. The molecule has 0 aliphatic carbocycles. The summed E-state index contributed by atoms with van der Waals surface area (Å²) in [6, 6.07) is 12.7. The van der Waals surface area contributed by atoms with Gasteiger partial charge in [0.2, 0.25) is 0 Å². The van der Waals surface area contributed by atoms with Gasteiger partial charge in [-0.25, -0.2) is 0 Å². The third-order valence-corrected chi connectivity index (χ3v) is 4.56. The van der Waals surface area contributed by atoms with Gasteiger partial charge in [0.15, 0.2) is 0 Å². The second kappa shape index (κ2) is 7.44. The van der Waals surface area contributed by atoms with Crippen LogP contribution in [0.1, 0.15) is 41.6 Å². The Balaban J connectivity index is 2.49. The van der Waals surface area contributed by atoms with Crippen LogP contribution in [0.3, 0.4) is 0 Å². The average molecular weight is 367 g/mol. The second-order valence-electron chi connectivity index (χ2n) is 5.41. The van der Waals surface area contributed by atoms with E-state index in [2.05, 4.69) is 60.2 Å². The van der Waals surface area contributed by atoms with E-state index in [4.69, 9.17) is 11.6 Å². The molecule has 0 aromatic heterocycles. The van der Waals surface area contributed by atoms with Crippen molar-refractivity contribution in [1.29, 1.82) is 0 Å². The number of halogens is 2. The average Bonchev–Trinajstić information content (AvgIpc) is 2.44. The molecule has 112 valence electrons. The van der Waals surface area contributed by atoms with Crippen LogP contribution in [-0.2, 0) is 0 Å². The molecule has 2 rings (SSSR count). The van der Waals surface area contributed by atoms with Gasteiger partial charge >= 0.3 is 0 Å². The summed E-state index contributed by atoms with van der Waals surface area (Å²) in [5.74, 6) is 0. The van der Waals surface area contributed by atoms with Gasteiger partial charge in [-0.1, -0.05) is 58.2 Å². The molecule has 0 aliphatic rings. The van der Waals surface area contributed by atoms with Crippen molar-refractivity contribution in [2.24, 2.45) is 0 Å². The maximum Gasteiger partial charge on any atom is 0.0591 e. The molecule has 1 atom stereocenters. The normalized spacial score (nSPS) is 12.4. The lowest BCUT2D eigenvalue weighted by Gasteiger charge is -2.23. The molecule has 0 bridgehead atoms. The first kappa shape index (κ1) is 16.5. The molecule has 1 unspecified atom stereocenters. The van der Waals surface area contributed by atoms with Crippen molar-refractivity contribution in [2.75, 3.05) is 6.54 Å². The predicted octanol–water partition coefficient (Wildman–Crippen LogP) is 5.81. The highest BCUT2D eigenvalue weighted by Crippen LogP contribution is 2.32. The van der Waals surface area contributed by atoms with Gasteiger partial charge < -0.3 is 5.32 Å². The molecule has 0 fully saturated rings. The SMILES string of the molecule is CCCNC(c1ccc(C)cc1C)c1cc(Cl)ccc1Br. The summed E-state index contributed by atoms with van der Waals surface area (Å²) in [6.07, 6.45) is 1.10. The molecule has 21 heavy (non-hydrogen) atoms. The summed E-state index contributed by atoms with van der Waals surface area (Å²) in [5.41, 5.74) is 5.08. The third-order valence-electron chi connectivity index (χ3n) is 3.60. The minimum atomic E-state index is 0.152. The Hall–Kier alpha value is -0.830. The fraction of sp³-hybridized carbons (Fsp3) is 0.333. The van der Waals surface area contributed by atoms with Crippen molar-refractivity contribution in [1.82, 2.24) is 5.32 Å². The van der Waals surface area contributed by atoms with E-state index in [-0.39, 0.29) is 6.04 Å². The van der Waals surface area contributed by atoms with Gasteiger partial charge in [-0.05, 0) is 61.7 Å². The first-order chi connectivity index (χ1) is 10.0. The zero-order valence-electron chi connectivity index (χ0n) is 12.7. The van der Waals surface area contributed by atoms with Crippen LogP contribution in [-0.4, -0.2) is 6.54 Å². The lowest BCUT2D eigenvalue weighted by Crippen LogP contribution is -2.24. The number of nitrogens with one attached hydrogen (secondary N) is 1. The number of rotatable bonds is 5. The Morgan fingerprint density at radius 2 is 1.86 bits per heavy atom. The van der Waals surface area contributed by atoms with E-state index >= 15 is 0 Å². The Morgan fingerprint density at radius 3 is 2.52 bits per heavy atom. The molecular formula is C18H21BrClN. The zero-order valence-corrected chi connectivity index (χ0v) is 15.1. The molecule has 0 saturated heterocycles. The summed E-state index contributed by atoms with van der Waals surface area (Å²) in [6.45, 7) is 7.44. The van der Waals surface area contributed by atoms with Gasteiger partial charge in [0.1, 0.15) is 0 Å². The maximum absolute atomic E-state index is 6.20. The molecule has 1 N–H and O–H groups in total. The molecular weight excluding hydrogens is 346 g/mol. The second-order valence-corrected chi connectivity index (χ2v) is 6.70. The van der Waals surface area contributed by atoms with Crippen molar-refractivity contribution in [2.45, 2.75) is 33.2 Å². The minimum absolute atomic E-state index is 0.152. The highest BCUT2D eigenvalue weighted by Gasteiger charge is 2.18. The van der Waals surface area contributed by atoms with Crippen LogP contribution >= 0.6 is 27.5 Å². The van der Waals surface area contributed by atoms with Crippen molar-refractivity contribution in [3.8, 4) is 0 Å². The Morgan fingerprint density at radius 1 is 1.10 bits per heavy atom. The molecule has 2 aromatic rings. The van der Waals surface area contributed by atoms with Crippen LogP contribution < -0.4 is 5.32 Å². The van der Waals surface area contributed by atoms with Gasteiger partial charge in [-0.15, -0.1) is 0 Å². The molecule has 3 heteroatoms. The van der Waals surface area contributed by atoms with Gasteiger partial charge in [0, 0.05) is 9.50 Å². The first-order valence-electron chi connectivity index (χ1n) is 7.28. The van der Waals surface area contributed by atoms with Crippen LogP contribution in [0.5, 0.6) is 0 Å². The van der Waals surface area contributed by atoms with Crippen LogP contribution in [0.4, 0.5) is 0 Å². The summed E-state index contributed by atoms with van der Waals surface area (Å²) in [5, 5.41) is 4.41. The van der Waals surface area contributed by atoms with E-state index < -0.39 is 0 Å². The van der Waals surface area contributed by atoms with Crippen molar-refractivity contribution < 1.29 is 0 Å². The third kappa shape index (κ3) is 4.09. The molecule has 1 nitrogen and oxygen atoms in total. The van der Waals surface area contributed by atoms with E-state index in [0.717, 1.165) is 22.5 Å². The van der Waals surface area contributed by atoms with Crippen LogP contribution in [0, 0.1) is 13.8 Å². The van der Waals surface area contributed by atoms with Crippen LogP contribution in [0.2, 0.25) is 5.02 Å². The standard InChI is InChI=1S/C18H21BrClN/c1-4-9-21-18(15-7-5-12(2)10-13(15)3)16-11-14(20)6-8-17(16)19/h5-8,10-11,18,21H,4,9H2,1-3H3.